The van der Waals surface area contributed by atoms with E-state index in [-0.39, 0.29) is 6.61 Å². The van der Waals surface area contributed by atoms with Crippen LogP contribution in [0.2, 0.25) is 5.02 Å². The molecule has 0 aliphatic carbocycles. The van der Waals surface area contributed by atoms with E-state index >= 15 is 0 Å². The van der Waals surface area contributed by atoms with Crippen LogP contribution in [0.15, 0.2) is 18.2 Å². The normalized spacial score (nSPS) is 23.2. The second-order valence-corrected chi connectivity index (χ2v) is 6.60. The molecule has 0 amide bonds. The summed E-state index contributed by atoms with van der Waals surface area (Å²) in [6.45, 7) is 3.12. The summed E-state index contributed by atoms with van der Waals surface area (Å²) in [5, 5.41) is 11.2. The number of hydrogen-bond acceptors (Lipinski definition) is 2. The van der Waals surface area contributed by atoms with Gasteiger partial charge in [0, 0.05) is 20.7 Å². The molecule has 1 aliphatic heterocycles. The van der Waals surface area contributed by atoms with Gasteiger partial charge in [-0.25, -0.2) is 0 Å². The van der Waals surface area contributed by atoms with E-state index in [9.17, 15) is 0 Å². The Balaban J connectivity index is 2.07. The summed E-state index contributed by atoms with van der Waals surface area (Å²) in [6, 6.07) is 6.13. The maximum atomic E-state index is 9.13. The summed E-state index contributed by atoms with van der Waals surface area (Å²) in [5.41, 5.74) is 1.43. The molecule has 2 nitrogen and oxygen atoms in total. The van der Waals surface area contributed by atoms with E-state index in [0.717, 1.165) is 29.1 Å². The number of halogens is 1. The molecule has 1 N–H and O–H groups in total. The van der Waals surface area contributed by atoms with Gasteiger partial charge in [-0.2, -0.15) is 0 Å². The van der Waals surface area contributed by atoms with Gasteiger partial charge in [-0.05, 0) is 18.2 Å². The lowest BCUT2D eigenvalue weighted by Gasteiger charge is -2.28. The van der Waals surface area contributed by atoms with Crippen LogP contribution in [-0.2, 0) is 13.1 Å². The second-order valence-electron chi connectivity index (χ2n) is 5.03. The third-order valence-electron chi connectivity index (χ3n) is 3.54. The van der Waals surface area contributed by atoms with Gasteiger partial charge in [0.25, 0.3) is 0 Å². The highest BCUT2D eigenvalue weighted by Gasteiger charge is 2.34. The number of benzene rings is 1. The van der Waals surface area contributed by atoms with Crippen molar-refractivity contribution in [3.05, 3.63) is 33.7 Å². The molecule has 17 heavy (non-hydrogen) atoms. The number of hydrogen-bond donors (Lipinski definition) is 1. The van der Waals surface area contributed by atoms with Crippen LogP contribution in [0.4, 0.5) is 0 Å². The van der Waals surface area contributed by atoms with Crippen molar-refractivity contribution in [3.63, 3.8) is 0 Å². The van der Waals surface area contributed by atoms with Gasteiger partial charge < -0.3 is 9.59 Å². The number of nitrogens with zero attached hydrogens (tertiary/aromatic N) is 1. The molecule has 0 saturated heterocycles. The standard InChI is InChI=1S/C13H15ClNOS/c1-15(4-5-16)7-11-10-6-9(14)2-3-12(10)17-13(11)8-15/h2-3,6,16H,4-5,7-8H2,1H3/q+1/t15-/m0/s1. The fourth-order valence-corrected chi connectivity index (χ4v) is 4.20. The number of aliphatic hydroxyl groups excluding tert-OH is 1. The Morgan fingerprint density at radius 3 is 3.00 bits per heavy atom. The molecule has 0 fully saturated rings. The van der Waals surface area contributed by atoms with E-state index < -0.39 is 0 Å². The molecule has 3 rings (SSSR count). The van der Waals surface area contributed by atoms with Crippen LogP contribution in [-0.4, -0.2) is 29.8 Å². The van der Waals surface area contributed by atoms with Crippen molar-refractivity contribution in [2.45, 2.75) is 13.1 Å². The Hall–Kier alpha value is -0.610. The molecule has 1 aromatic carbocycles. The lowest BCUT2D eigenvalue weighted by molar-refractivity contribution is -0.928. The molecule has 1 atom stereocenters. The molecule has 90 valence electrons. The minimum absolute atomic E-state index is 0.254. The molecule has 0 radical (unpaired) electrons. The minimum atomic E-state index is 0.254. The zero-order valence-corrected chi connectivity index (χ0v) is 11.3. The largest absolute Gasteiger partial charge is 0.391 e. The third kappa shape index (κ3) is 1.87. The molecule has 0 bridgehead atoms. The first kappa shape index (κ1) is 11.5. The second kappa shape index (κ2) is 3.95. The Morgan fingerprint density at radius 2 is 2.24 bits per heavy atom. The summed E-state index contributed by atoms with van der Waals surface area (Å²) in [6.07, 6.45) is 0. The van der Waals surface area contributed by atoms with Crippen molar-refractivity contribution in [3.8, 4) is 0 Å². The quantitative estimate of drug-likeness (QED) is 0.831. The highest BCUT2D eigenvalue weighted by Crippen LogP contribution is 2.40. The van der Waals surface area contributed by atoms with Crippen molar-refractivity contribution in [2.24, 2.45) is 0 Å². The van der Waals surface area contributed by atoms with Crippen molar-refractivity contribution < 1.29 is 9.59 Å². The van der Waals surface area contributed by atoms with E-state index in [4.69, 9.17) is 16.7 Å². The van der Waals surface area contributed by atoms with Gasteiger partial charge in [0.2, 0.25) is 0 Å². The van der Waals surface area contributed by atoms with E-state index in [2.05, 4.69) is 19.2 Å². The number of likely N-dealkylation sites (N-methyl/N-ethyl adjacent to an activating group) is 1. The molecule has 0 saturated carbocycles. The van der Waals surface area contributed by atoms with Gasteiger partial charge in [-0.15, -0.1) is 11.3 Å². The van der Waals surface area contributed by atoms with Gasteiger partial charge in [0.05, 0.1) is 18.5 Å². The third-order valence-corrected chi connectivity index (χ3v) is 4.97. The van der Waals surface area contributed by atoms with Gasteiger partial charge >= 0.3 is 0 Å². The van der Waals surface area contributed by atoms with E-state index in [0.29, 0.717) is 0 Å². The average molecular weight is 269 g/mol. The Bertz CT molecular complexity index is 580. The SMILES string of the molecule is C[N@@+]1(CCO)Cc2sc3ccc(Cl)cc3c2C1. The van der Waals surface area contributed by atoms with Crippen molar-refractivity contribution >= 4 is 33.0 Å². The van der Waals surface area contributed by atoms with Crippen LogP contribution < -0.4 is 0 Å². The number of fused-ring (bicyclic) bond motifs is 3. The van der Waals surface area contributed by atoms with Crippen LogP contribution in [0.3, 0.4) is 0 Å². The lowest BCUT2D eigenvalue weighted by Crippen LogP contribution is -2.40. The summed E-state index contributed by atoms with van der Waals surface area (Å²) in [7, 11) is 2.21. The zero-order chi connectivity index (χ0) is 12.0. The van der Waals surface area contributed by atoms with Crippen LogP contribution in [0.25, 0.3) is 10.1 Å². The highest BCUT2D eigenvalue weighted by atomic mass is 35.5. The lowest BCUT2D eigenvalue weighted by atomic mass is 10.1. The number of quaternary nitrogens is 1. The first-order chi connectivity index (χ1) is 8.11. The molecule has 1 aromatic heterocycles. The highest BCUT2D eigenvalue weighted by molar-refractivity contribution is 7.19. The predicted molar refractivity (Wildman–Crippen MR) is 72.4 cm³/mol. The van der Waals surface area contributed by atoms with Crippen molar-refractivity contribution in [1.29, 1.82) is 0 Å². The fraction of sp³-hybridized carbons (Fsp3) is 0.385. The minimum Gasteiger partial charge on any atom is -0.391 e. The Morgan fingerprint density at radius 1 is 1.41 bits per heavy atom. The first-order valence-corrected chi connectivity index (χ1v) is 6.95. The maximum absolute atomic E-state index is 9.13. The van der Waals surface area contributed by atoms with Gasteiger partial charge in [-0.1, -0.05) is 11.6 Å². The van der Waals surface area contributed by atoms with Gasteiger partial charge in [0.1, 0.15) is 19.6 Å². The van der Waals surface area contributed by atoms with Crippen molar-refractivity contribution in [1.82, 2.24) is 0 Å². The molecule has 2 heterocycles. The molecule has 1 aliphatic rings. The van der Waals surface area contributed by atoms with Crippen molar-refractivity contribution in [2.75, 3.05) is 20.2 Å². The van der Waals surface area contributed by atoms with Crippen LogP contribution >= 0.6 is 22.9 Å². The fourth-order valence-electron chi connectivity index (χ4n) is 2.66. The molecular weight excluding hydrogens is 254 g/mol. The number of thiophene rings is 1. The first-order valence-electron chi connectivity index (χ1n) is 5.75. The molecular formula is C13H15ClNOS+. The predicted octanol–water partition coefficient (Wildman–Crippen LogP) is 3.01. The average Bonchev–Trinajstić information content (AvgIpc) is 2.73. The van der Waals surface area contributed by atoms with E-state index in [1.165, 1.54) is 20.5 Å². The summed E-state index contributed by atoms with van der Waals surface area (Å²) in [5.74, 6) is 0. The van der Waals surface area contributed by atoms with E-state index in [1.54, 1.807) is 0 Å². The molecule has 0 unspecified atom stereocenters. The number of aliphatic hydroxyl groups is 1. The smallest absolute Gasteiger partial charge is 0.114 e. The summed E-state index contributed by atoms with van der Waals surface area (Å²) < 4.78 is 2.25. The van der Waals surface area contributed by atoms with Crippen LogP contribution in [0.5, 0.6) is 0 Å². The molecule has 2 aromatic rings. The Labute approximate surface area is 110 Å². The van der Waals surface area contributed by atoms with E-state index in [1.807, 2.05) is 17.4 Å². The Kier molecular flexibility index (Phi) is 2.67. The van der Waals surface area contributed by atoms with Crippen LogP contribution in [0, 0.1) is 0 Å². The number of rotatable bonds is 2. The molecule has 4 heteroatoms. The van der Waals surface area contributed by atoms with Crippen LogP contribution in [0.1, 0.15) is 10.4 Å². The van der Waals surface area contributed by atoms with Gasteiger partial charge in [-0.3, -0.25) is 0 Å². The summed E-state index contributed by atoms with van der Waals surface area (Å²) >= 11 is 7.94. The zero-order valence-electron chi connectivity index (χ0n) is 9.74. The molecule has 0 spiro atoms. The monoisotopic (exact) mass is 268 g/mol. The maximum Gasteiger partial charge on any atom is 0.114 e. The summed E-state index contributed by atoms with van der Waals surface area (Å²) in [4.78, 5) is 1.46. The topological polar surface area (TPSA) is 20.2 Å². The van der Waals surface area contributed by atoms with Gasteiger partial charge in [0.15, 0.2) is 0 Å².